The highest BCUT2D eigenvalue weighted by atomic mass is 35.5. The van der Waals surface area contributed by atoms with Gasteiger partial charge in [-0.3, -0.25) is 9.67 Å². The van der Waals surface area contributed by atoms with Crippen LogP contribution in [0.15, 0.2) is 24.7 Å². The van der Waals surface area contributed by atoms with Crippen molar-refractivity contribution in [1.29, 1.82) is 0 Å². The molecule has 0 saturated carbocycles. The smallest absolute Gasteiger partial charge is 0.295 e. The number of fused-ring (bicyclic) bond motifs is 1. The Labute approximate surface area is 120 Å². The van der Waals surface area contributed by atoms with Gasteiger partial charge in [0.2, 0.25) is 5.82 Å². The Morgan fingerprint density at radius 3 is 2.65 bits per heavy atom. The average Bonchev–Trinajstić information content (AvgIpc) is 3.00. The summed E-state index contributed by atoms with van der Waals surface area (Å²) in [5, 5.41) is 7.07. The number of aromatic amines is 1. The third-order valence-electron chi connectivity index (χ3n) is 2.75. The molecule has 0 aliphatic carbocycles. The molecule has 0 fully saturated rings. The highest BCUT2D eigenvalue weighted by Gasteiger charge is 2.37. The standard InChI is InChI=1S/C11H5Cl2F3N4/c12-7-6(3-5-4-18-19-9(5)8(7)13)20-2-1-17-10(20)11(14,15)16/h1-4H,(H,18,19). The molecule has 9 heteroatoms. The molecule has 1 N–H and O–H groups in total. The molecule has 20 heavy (non-hydrogen) atoms. The van der Waals surface area contributed by atoms with Crippen molar-refractivity contribution in [2.75, 3.05) is 0 Å². The molecule has 0 atom stereocenters. The summed E-state index contributed by atoms with van der Waals surface area (Å²) >= 11 is 12.1. The summed E-state index contributed by atoms with van der Waals surface area (Å²) in [4.78, 5) is 3.32. The molecule has 2 aromatic heterocycles. The lowest BCUT2D eigenvalue weighted by Crippen LogP contribution is -2.13. The zero-order valence-electron chi connectivity index (χ0n) is 9.54. The summed E-state index contributed by atoms with van der Waals surface area (Å²) in [7, 11) is 0. The number of benzene rings is 1. The Hall–Kier alpha value is -1.73. The van der Waals surface area contributed by atoms with Crippen LogP contribution < -0.4 is 0 Å². The van der Waals surface area contributed by atoms with E-state index in [1.807, 2.05) is 0 Å². The molecule has 2 heterocycles. The molecule has 0 spiro atoms. The number of imidazole rings is 1. The molecule has 0 saturated heterocycles. The SMILES string of the molecule is FC(F)(F)c1nccn1-c1cc2cn[nH]c2c(Cl)c1Cl. The van der Waals surface area contributed by atoms with Gasteiger partial charge < -0.3 is 0 Å². The monoisotopic (exact) mass is 320 g/mol. The van der Waals surface area contributed by atoms with Crippen LogP contribution in [0.1, 0.15) is 5.82 Å². The van der Waals surface area contributed by atoms with E-state index in [1.54, 1.807) is 0 Å². The largest absolute Gasteiger partial charge is 0.450 e. The molecule has 104 valence electrons. The van der Waals surface area contributed by atoms with Gasteiger partial charge in [0.05, 0.1) is 27.4 Å². The molecule has 0 radical (unpaired) electrons. The summed E-state index contributed by atoms with van der Waals surface area (Å²) in [6.45, 7) is 0. The second kappa shape index (κ2) is 4.39. The molecule has 0 unspecified atom stereocenters. The number of aromatic nitrogens is 4. The van der Waals surface area contributed by atoms with E-state index in [1.165, 1.54) is 18.5 Å². The highest BCUT2D eigenvalue weighted by Crippen LogP contribution is 2.37. The van der Waals surface area contributed by atoms with E-state index < -0.39 is 12.0 Å². The third-order valence-corrected chi connectivity index (χ3v) is 3.61. The minimum absolute atomic E-state index is 0.00748. The number of alkyl halides is 3. The maximum absolute atomic E-state index is 12.9. The van der Waals surface area contributed by atoms with E-state index in [0.717, 1.165) is 10.8 Å². The van der Waals surface area contributed by atoms with Gasteiger partial charge >= 0.3 is 6.18 Å². The molecule has 3 aromatic rings. The lowest BCUT2D eigenvalue weighted by molar-refractivity contribution is -0.145. The number of H-pyrrole nitrogens is 1. The van der Waals surface area contributed by atoms with Gasteiger partial charge in [-0.1, -0.05) is 23.2 Å². The molecule has 0 aliphatic heterocycles. The summed E-state index contributed by atoms with van der Waals surface area (Å²) in [5.74, 6) is -1.07. The molecule has 4 nitrogen and oxygen atoms in total. The maximum atomic E-state index is 12.9. The van der Waals surface area contributed by atoms with Gasteiger partial charge in [0.15, 0.2) is 0 Å². The van der Waals surface area contributed by atoms with Gasteiger partial charge in [0, 0.05) is 17.8 Å². The van der Waals surface area contributed by atoms with Crippen molar-refractivity contribution in [1.82, 2.24) is 19.7 Å². The van der Waals surface area contributed by atoms with Gasteiger partial charge in [-0.2, -0.15) is 18.3 Å². The van der Waals surface area contributed by atoms with E-state index in [9.17, 15) is 13.2 Å². The summed E-state index contributed by atoms with van der Waals surface area (Å²) in [6, 6.07) is 1.46. The van der Waals surface area contributed by atoms with Gasteiger partial charge in [-0.25, -0.2) is 4.98 Å². The van der Waals surface area contributed by atoms with Gasteiger partial charge in [0.1, 0.15) is 0 Å². The van der Waals surface area contributed by atoms with Crippen molar-refractivity contribution >= 4 is 34.1 Å². The van der Waals surface area contributed by atoms with E-state index in [-0.39, 0.29) is 15.7 Å². The number of hydrogen-bond acceptors (Lipinski definition) is 2. The van der Waals surface area contributed by atoms with Crippen LogP contribution in [-0.4, -0.2) is 19.7 Å². The number of halogens is 5. The predicted octanol–water partition coefficient (Wildman–Crippen LogP) is 4.07. The first-order chi connectivity index (χ1) is 9.39. The Bertz CT molecular complexity index is 791. The van der Waals surface area contributed by atoms with Crippen molar-refractivity contribution in [3.63, 3.8) is 0 Å². The number of nitrogens with one attached hydrogen (secondary N) is 1. The fraction of sp³-hybridized carbons (Fsp3) is 0.0909. The van der Waals surface area contributed by atoms with Crippen LogP contribution in [-0.2, 0) is 6.18 Å². The molecule has 1 aromatic carbocycles. The minimum atomic E-state index is -4.59. The lowest BCUT2D eigenvalue weighted by Gasteiger charge is -2.13. The first-order valence-corrected chi connectivity index (χ1v) is 6.07. The number of rotatable bonds is 1. The van der Waals surface area contributed by atoms with Crippen molar-refractivity contribution in [3.05, 3.63) is 40.5 Å². The van der Waals surface area contributed by atoms with Crippen LogP contribution in [0.25, 0.3) is 16.6 Å². The zero-order chi connectivity index (χ0) is 14.5. The third kappa shape index (κ3) is 1.94. The van der Waals surface area contributed by atoms with E-state index in [4.69, 9.17) is 23.2 Å². The maximum Gasteiger partial charge on any atom is 0.450 e. The molecule has 0 bridgehead atoms. The predicted molar refractivity (Wildman–Crippen MR) is 68.2 cm³/mol. The van der Waals surface area contributed by atoms with Crippen LogP contribution in [0.4, 0.5) is 13.2 Å². The van der Waals surface area contributed by atoms with Gasteiger partial charge in [0.25, 0.3) is 0 Å². The van der Waals surface area contributed by atoms with E-state index in [0.29, 0.717) is 10.9 Å². The lowest BCUT2D eigenvalue weighted by atomic mass is 10.2. The molecule has 0 aliphatic rings. The molecular formula is C11H5Cl2F3N4. The minimum Gasteiger partial charge on any atom is -0.295 e. The molecular weight excluding hydrogens is 316 g/mol. The summed E-state index contributed by atoms with van der Waals surface area (Å²) < 4.78 is 39.5. The normalized spacial score (nSPS) is 12.2. The fourth-order valence-corrected chi connectivity index (χ4v) is 2.38. The number of nitrogens with zero attached hydrogens (tertiary/aromatic N) is 3. The van der Waals surface area contributed by atoms with Crippen molar-refractivity contribution in [3.8, 4) is 5.69 Å². The van der Waals surface area contributed by atoms with Crippen LogP contribution in [0, 0.1) is 0 Å². The van der Waals surface area contributed by atoms with Crippen molar-refractivity contribution in [2.24, 2.45) is 0 Å². The second-order valence-electron chi connectivity index (χ2n) is 3.98. The molecule has 3 rings (SSSR count). The van der Waals surface area contributed by atoms with Crippen LogP contribution in [0.5, 0.6) is 0 Å². The number of hydrogen-bond donors (Lipinski definition) is 1. The van der Waals surface area contributed by atoms with Crippen LogP contribution in [0.3, 0.4) is 0 Å². The zero-order valence-corrected chi connectivity index (χ0v) is 11.1. The van der Waals surface area contributed by atoms with E-state index >= 15 is 0 Å². The summed E-state index contributed by atoms with van der Waals surface area (Å²) in [5.41, 5.74) is 0.560. The Morgan fingerprint density at radius 1 is 1.20 bits per heavy atom. The van der Waals surface area contributed by atoms with Crippen LogP contribution in [0.2, 0.25) is 10.0 Å². The average molecular weight is 321 g/mol. The second-order valence-corrected chi connectivity index (χ2v) is 4.73. The first kappa shape index (κ1) is 13.3. The van der Waals surface area contributed by atoms with E-state index in [2.05, 4.69) is 15.2 Å². The van der Waals surface area contributed by atoms with Crippen molar-refractivity contribution in [2.45, 2.75) is 6.18 Å². The quantitative estimate of drug-likeness (QED) is 0.734. The Morgan fingerprint density at radius 2 is 1.95 bits per heavy atom. The topological polar surface area (TPSA) is 46.5 Å². The fourth-order valence-electron chi connectivity index (χ4n) is 1.90. The van der Waals surface area contributed by atoms with Gasteiger partial charge in [-0.15, -0.1) is 0 Å². The Kier molecular flexibility index (Phi) is 2.91. The summed E-state index contributed by atoms with van der Waals surface area (Å²) in [6.07, 6.45) is -0.922. The van der Waals surface area contributed by atoms with Gasteiger partial charge in [-0.05, 0) is 6.07 Å². The molecule has 0 amide bonds. The highest BCUT2D eigenvalue weighted by molar-refractivity contribution is 6.46. The first-order valence-electron chi connectivity index (χ1n) is 5.31. The van der Waals surface area contributed by atoms with Crippen molar-refractivity contribution < 1.29 is 13.2 Å². The Balaban J connectivity index is 2.30. The van der Waals surface area contributed by atoms with Crippen LogP contribution >= 0.6 is 23.2 Å².